The standard InChI is InChI=1S/C7H8F4O/c8-6(7(9,10)11)3-1-5(12)2-4-6/h1-4H2. The van der Waals surface area contributed by atoms with E-state index in [4.69, 9.17) is 0 Å². The van der Waals surface area contributed by atoms with E-state index >= 15 is 0 Å². The van der Waals surface area contributed by atoms with Gasteiger partial charge in [-0.3, -0.25) is 4.79 Å². The van der Waals surface area contributed by atoms with Gasteiger partial charge in [0, 0.05) is 12.8 Å². The van der Waals surface area contributed by atoms with Crippen LogP contribution < -0.4 is 0 Å². The van der Waals surface area contributed by atoms with E-state index in [0.29, 0.717) is 0 Å². The van der Waals surface area contributed by atoms with Gasteiger partial charge in [0.05, 0.1) is 0 Å². The van der Waals surface area contributed by atoms with E-state index in [9.17, 15) is 22.4 Å². The van der Waals surface area contributed by atoms with E-state index in [-0.39, 0.29) is 18.6 Å². The largest absolute Gasteiger partial charge is 0.422 e. The maximum atomic E-state index is 13.0. The summed E-state index contributed by atoms with van der Waals surface area (Å²) >= 11 is 0. The summed E-state index contributed by atoms with van der Waals surface area (Å²) in [5, 5.41) is 0. The van der Waals surface area contributed by atoms with Gasteiger partial charge in [-0.2, -0.15) is 13.2 Å². The van der Waals surface area contributed by atoms with Crippen molar-refractivity contribution in [2.75, 3.05) is 0 Å². The number of alkyl halides is 4. The van der Waals surface area contributed by atoms with Gasteiger partial charge >= 0.3 is 6.18 Å². The molecule has 0 N–H and O–H groups in total. The average molecular weight is 184 g/mol. The molecule has 0 aromatic carbocycles. The van der Waals surface area contributed by atoms with Crippen LogP contribution >= 0.6 is 0 Å². The topological polar surface area (TPSA) is 17.1 Å². The fourth-order valence-electron chi connectivity index (χ4n) is 1.21. The number of rotatable bonds is 0. The van der Waals surface area contributed by atoms with Crippen LogP contribution in [0.5, 0.6) is 0 Å². The summed E-state index contributed by atoms with van der Waals surface area (Å²) in [6, 6.07) is 0. The van der Waals surface area contributed by atoms with E-state index < -0.39 is 24.7 Å². The fourth-order valence-corrected chi connectivity index (χ4v) is 1.21. The lowest BCUT2D eigenvalue weighted by atomic mass is 9.85. The molecule has 1 aliphatic rings. The van der Waals surface area contributed by atoms with Crippen LogP contribution in [0, 0.1) is 0 Å². The predicted molar refractivity (Wildman–Crippen MR) is 33.4 cm³/mol. The Morgan fingerprint density at radius 1 is 1.17 bits per heavy atom. The summed E-state index contributed by atoms with van der Waals surface area (Å²) in [7, 11) is 0. The highest BCUT2D eigenvalue weighted by atomic mass is 19.4. The van der Waals surface area contributed by atoms with E-state index in [1.807, 2.05) is 0 Å². The summed E-state index contributed by atoms with van der Waals surface area (Å²) in [4.78, 5) is 10.5. The molecule has 1 nitrogen and oxygen atoms in total. The van der Waals surface area contributed by atoms with Crippen LogP contribution in [0.2, 0.25) is 0 Å². The molecule has 5 heteroatoms. The molecule has 0 amide bonds. The zero-order valence-corrected chi connectivity index (χ0v) is 6.25. The number of hydrogen-bond donors (Lipinski definition) is 0. The molecule has 0 atom stereocenters. The maximum Gasteiger partial charge on any atom is 0.422 e. The molecule has 0 aromatic rings. The Kier molecular flexibility index (Phi) is 2.14. The zero-order chi connectivity index (χ0) is 9.41. The number of carbonyl (C=O) groups is 1. The highest BCUT2D eigenvalue weighted by molar-refractivity contribution is 5.79. The highest BCUT2D eigenvalue weighted by Crippen LogP contribution is 2.43. The minimum absolute atomic E-state index is 0.285. The van der Waals surface area contributed by atoms with Gasteiger partial charge in [0.15, 0.2) is 0 Å². The van der Waals surface area contributed by atoms with Gasteiger partial charge in [0.1, 0.15) is 5.78 Å². The van der Waals surface area contributed by atoms with Crippen LogP contribution in [-0.2, 0) is 4.79 Å². The minimum atomic E-state index is -4.83. The van der Waals surface area contributed by atoms with Crippen molar-refractivity contribution in [3.63, 3.8) is 0 Å². The second kappa shape index (κ2) is 2.71. The van der Waals surface area contributed by atoms with Crippen molar-refractivity contribution >= 4 is 5.78 Å². The monoisotopic (exact) mass is 184 g/mol. The average Bonchev–Trinajstić information content (AvgIpc) is 1.93. The first-order valence-electron chi connectivity index (χ1n) is 3.62. The lowest BCUT2D eigenvalue weighted by Gasteiger charge is -2.30. The van der Waals surface area contributed by atoms with Crippen molar-refractivity contribution in [2.45, 2.75) is 37.5 Å². The van der Waals surface area contributed by atoms with Crippen LogP contribution in [-0.4, -0.2) is 17.6 Å². The zero-order valence-electron chi connectivity index (χ0n) is 6.25. The van der Waals surface area contributed by atoms with E-state index in [2.05, 4.69) is 0 Å². The van der Waals surface area contributed by atoms with Crippen molar-refractivity contribution in [2.24, 2.45) is 0 Å². The van der Waals surface area contributed by atoms with E-state index in [1.54, 1.807) is 0 Å². The Bertz CT molecular complexity index is 186. The third kappa shape index (κ3) is 1.59. The first-order valence-corrected chi connectivity index (χ1v) is 3.62. The Morgan fingerprint density at radius 3 is 1.92 bits per heavy atom. The van der Waals surface area contributed by atoms with Gasteiger partial charge in [-0.25, -0.2) is 4.39 Å². The highest BCUT2D eigenvalue weighted by Gasteiger charge is 2.56. The lowest BCUT2D eigenvalue weighted by Crippen LogP contribution is -2.43. The smallest absolute Gasteiger partial charge is 0.300 e. The van der Waals surface area contributed by atoms with Gasteiger partial charge in [0.2, 0.25) is 5.67 Å². The second-order valence-electron chi connectivity index (χ2n) is 3.00. The van der Waals surface area contributed by atoms with Gasteiger partial charge in [0.25, 0.3) is 0 Å². The SMILES string of the molecule is O=C1CCC(F)(C(F)(F)F)CC1. The molecule has 1 aliphatic carbocycles. The van der Waals surface area contributed by atoms with Gasteiger partial charge in [-0.05, 0) is 12.8 Å². The predicted octanol–water partition coefficient (Wildman–Crippen LogP) is 2.40. The quantitative estimate of drug-likeness (QED) is 0.528. The summed E-state index contributed by atoms with van der Waals surface area (Å²) in [6.45, 7) is 0. The van der Waals surface area contributed by atoms with Crippen molar-refractivity contribution < 1.29 is 22.4 Å². The summed E-state index contributed by atoms with van der Waals surface area (Å²) in [6.07, 6.45) is -6.84. The Labute approximate surface area is 66.7 Å². The van der Waals surface area contributed by atoms with Crippen LogP contribution in [0.3, 0.4) is 0 Å². The number of carbonyl (C=O) groups excluding carboxylic acids is 1. The van der Waals surface area contributed by atoms with Gasteiger partial charge in [-0.1, -0.05) is 0 Å². The Morgan fingerprint density at radius 2 is 1.58 bits per heavy atom. The van der Waals surface area contributed by atoms with Crippen LogP contribution in [0.1, 0.15) is 25.7 Å². The molecule has 70 valence electrons. The molecule has 0 aliphatic heterocycles. The molecule has 1 fully saturated rings. The third-order valence-corrected chi connectivity index (χ3v) is 2.11. The molecule has 0 unspecified atom stereocenters. The second-order valence-corrected chi connectivity index (χ2v) is 3.00. The van der Waals surface area contributed by atoms with E-state index in [0.717, 1.165) is 0 Å². The molecule has 0 saturated heterocycles. The van der Waals surface area contributed by atoms with Crippen molar-refractivity contribution in [3.8, 4) is 0 Å². The maximum absolute atomic E-state index is 13.0. The Hall–Kier alpha value is -0.610. The van der Waals surface area contributed by atoms with Crippen LogP contribution in [0.15, 0.2) is 0 Å². The molecule has 0 bridgehead atoms. The molecule has 0 aromatic heterocycles. The number of hydrogen-bond acceptors (Lipinski definition) is 1. The van der Waals surface area contributed by atoms with Crippen molar-refractivity contribution in [1.29, 1.82) is 0 Å². The summed E-state index contributed by atoms with van der Waals surface area (Å²) in [5.74, 6) is -0.285. The summed E-state index contributed by atoms with van der Waals surface area (Å²) < 4.78 is 48.9. The molecular weight excluding hydrogens is 176 g/mol. The summed E-state index contributed by atoms with van der Waals surface area (Å²) in [5.41, 5.74) is -3.12. The normalized spacial score (nSPS) is 24.2. The lowest BCUT2D eigenvalue weighted by molar-refractivity contribution is -0.238. The van der Waals surface area contributed by atoms with Crippen molar-refractivity contribution in [1.82, 2.24) is 0 Å². The molecular formula is C7H8F4O. The third-order valence-electron chi connectivity index (χ3n) is 2.11. The molecule has 0 radical (unpaired) electrons. The minimum Gasteiger partial charge on any atom is -0.300 e. The Balaban J connectivity index is 2.68. The van der Waals surface area contributed by atoms with Crippen molar-refractivity contribution in [3.05, 3.63) is 0 Å². The molecule has 0 heterocycles. The first kappa shape index (κ1) is 9.48. The molecule has 1 saturated carbocycles. The van der Waals surface area contributed by atoms with Gasteiger partial charge in [-0.15, -0.1) is 0 Å². The molecule has 1 rings (SSSR count). The molecule has 0 spiro atoms. The fraction of sp³-hybridized carbons (Fsp3) is 0.857. The van der Waals surface area contributed by atoms with Gasteiger partial charge < -0.3 is 0 Å². The number of ketones is 1. The first-order chi connectivity index (χ1) is 5.35. The number of Topliss-reactive ketones (excluding diaryl/α,β-unsaturated/α-hetero) is 1. The van der Waals surface area contributed by atoms with E-state index in [1.165, 1.54) is 0 Å². The van der Waals surface area contributed by atoms with Crippen LogP contribution in [0.25, 0.3) is 0 Å². The molecule has 12 heavy (non-hydrogen) atoms. The number of halogens is 4. The van der Waals surface area contributed by atoms with Crippen LogP contribution in [0.4, 0.5) is 17.6 Å².